The fourth-order valence-corrected chi connectivity index (χ4v) is 2.97. The number of benzene rings is 2. The van der Waals surface area contributed by atoms with Crippen molar-refractivity contribution in [3.8, 4) is 0 Å². The molecule has 23 heavy (non-hydrogen) atoms. The number of halogens is 1. The highest BCUT2D eigenvalue weighted by atomic mass is 35.5. The standard InChI is InChI=1S/C18H17ClN2O2/c1-21(11-12-6-8-13(19)9-7-12)18(23)15-10-17(22)20-16-5-3-2-4-14(15)16/h2-9,15H,10-11H2,1H3,(H,20,22). The van der Waals surface area contributed by atoms with Gasteiger partial charge in [0.1, 0.15) is 0 Å². The number of anilines is 1. The lowest BCUT2D eigenvalue weighted by Gasteiger charge is -2.28. The summed E-state index contributed by atoms with van der Waals surface area (Å²) in [5.74, 6) is -0.610. The third-order valence-electron chi connectivity index (χ3n) is 4.01. The molecule has 2 aromatic carbocycles. The minimum absolute atomic E-state index is 0.0535. The number of hydrogen-bond acceptors (Lipinski definition) is 2. The van der Waals surface area contributed by atoms with E-state index >= 15 is 0 Å². The van der Waals surface area contributed by atoms with Crippen molar-refractivity contribution < 1.29 is 9.59 Å². The second-order valence-corrected chi connectivity index (χ2v) is 6.15. The molecule has 0 bridgehead atoms. The second kappa shape index (κ2) is 6.42. The maximum atomic E-state index is 12.8. The highest BCUT2D eigenvalue weighted by Crippen LogP contribution is 2.33. The number of fused-ring (bicyclic) bond motifs is 1. The monoisotopic (exact) mass is 328 g/mol. The van der Waals surface area contributed by atoms with Crippen LogP contribution in [0.15, 0.2) is 48.5 Å². The summed E-state index contributed by atoms with van der Waals surface area (Å²) >= 11 is 5.88. The average molecular weight is 329 g/mol. The van der Waals surface area contributed by atoms with Crippen molar-refractivity contribution in [1.29, 1.82) is 0 Å². The van der Waals surface area contributed by atoms with E-state index in [2.05, 4.69) is 5.32 Å². The molecule has 0 aromatic heterocycles. The number of amides is 2. The van der Waals surface area contributed by atoms with E-state index in [1.54, 1.807) is 24.1 Å². The largest absolute Gasteiger partial charge is 0.341 e. The molecule has 0 saturated heterocycles. The van der Waals surface area contributed by atoms with Gasteiger partial charge in [-0.3, -0.25) is 9.59 Å². The normalized spacial score (nSPS) is 16.4. The fraction of sp³-hybridized carbons (Fsp3) is 0.222. The molecule has 3 rings (SSSR count). The molecule has 1 unspecified atom stereocenters. The van der Waals surface area contributed by atoms with Crippen LogP contribution in [0, 0.1) is 0 Å². The van der Waals surface area contributed by atoms with Crippen LogP contribution in [0.3, 0.4) is 0 Å². The maximum absolute atomic E-state index is 12.8. The van der Waals surface area contributed by atoms with Gasteiger partial charge in [0.05, 0.1) is 5.92 Å². The predicted octanol–water partition coefficient (Wildman–Crippen LogP) is 3.42. The molecule has 1 aliphatic rings. The summed E-state index contributed by atoms with van der Waals surface area (Å²) < 4.78 is 0. The average Bonchev–Trinajstić information content (AvgIpc) is 2.55. The molecular formula is C18H17ClN2O2. The lowest BCUT2D eigenvalue weighted by Crippen LogP contribution is -2.36. The van der Waals surface area contributed by atoms with E-state index in [9.17, 15) is 9.59 Å². The van der Waals surface area contributed by atoms with Crippen molar-refractivity contribution in [3.05, 3.63) is 64.7 Å². The maximum Gasteiger partial charge on any atom is 0.230 e. The van der Waals surface area contributed by atoms with Crippen LogP contribution in [-0.4, -0.2) is 23.8 Å². The van der Waals surface area contributed by atoms with Gasteiger partial charge in [-0.2, -0.15) is 0 Å². The Morgan fingerprint density at radius 3 is 2.65 bits per heavy atom. The topological polar surface area (TPSA) is 49.4 Å². The van der Waals surface area contributed by atoms with Crippen LogP contribution in [0.1, 0.15) is 23.5 Å². The van der Waals surface area contributed by atoms with Crippen molar-refractivity contribution in [2.24, 2.45) is 0 Å². The van der Waals surface area contributed by atoms with Gasteiger partial charge in [0.25, 0.3) is 0 Å². The Bertz CT molecular complexity index is 743. The van der Waals surface area contributed by atoms with E-state index in [1.165, 1.54) is 0 Å². The summed E-state index contributed by atoms with van der Waals surface area (Å²) in [5.41, 5.74) is 2.60. The smallest absolute Gasteiger partial charge is 0.230 e. The number of hydrogen-bond donors (Lipinski definition) is 1. The van der Waals surface area contributed by atoms with Crippen molar-refractivity contribution >= 4 is 29.1 Å². The number of carbonyl (C=O) groups excluding carboxylic acids is 2. The van der Waals surface area contributed by atoms with Crippen LogP contribution in [0.25, 0.3) is 0 Å². The fourth-order valence-electron chi connectivity index (χ4n) is 2.84. The van der Waals surface area contributed by atoms with Gasteiger partial charge in [-0.25, -0.2) is 0 Å². The summed E-state index contributed by atoms with van der Waals surface area (Å²) in [5, 5.41) is 3.48. The Labute approximate surface area is 140 Å². The highest BCUT2D eigenvalue weighted by Gasteiger charge is 2.32. The summed E-state index contributed by atoms with van der Waals surface area (Å²) in [7, 11) is 1.76. The van der Waals surface area contributed by atoms with E-state index in [0.29, 0.717) is 11.6 Å². The first-order valence-corrected chi connectivity index (χ1v) is 7.80. The lowest BCUT2D eigenvalue weighted by molar-refractivity contribution is -0.134. The number of nitrogens with zero attached hydrogens (tertiary/aromatic N) is 1. The number of likely N-dealkylation sites (N-methyl/N-ethyl adjacent to an activating group) is 1. The zero-order valence-electron chi connectivity index (χ0n) is 12.8. The minimum atomic E-state index is -0.433. The molecule has 4 nitrogen and oxygen atoms in total. The molecule has 2 amide bonds. The van der Waals surface area contributed by atoms with E-state index in [0.717, 1.165) is 16.8 Å². The summed E-state index contributed by atoms with van der Waals surface area (Å²) in [4.78, 5) is 26.3. The van der Waals surface area contributed by atoms with Crippen LogP contribution in [0.4, 0.5) is 5.69 Å². The van der Waals surface area contributed by atoms with Gasteiger partial charge in [-0.05, 0) is 29.3 Å². The van der Waals surface area contributed by atoms with Crippen molar-refractivity contribution in [2.75, 3.05) is 12.4 Å². The van der Waals surface area contributed by atoms with Gasteiger partial charge in [-0.1, -0.05) is 41.9 Å². The summed E-state index contributed by atoms with van der Waals surface area (Å²) in [6.45, 7) is 0.482. The van der Waals surface area contributed by atoms with Crippen LogP contribution >= 0.6 is 11.6 Å². The zero-order valence-corrected chi connectivity index (χ0v) is 13.5. The number of carbonyl (C=O) groups is 2. The molecule has 1 aliphatic heterocycles. The van der Waals surface area contributed by atoms with Crippen LogP contribution in [0.5, 0.6) is 0 Å². The Morgan fingerprint density at radius 2 is 1.91 bits per heavy atom. The van der Waals surface area contributed by atoms with E-state index in [-0.39, 0.29) is 18.2 Å². The van der Waals surface area contributed by atoms with Gasteiger partial charge in [0.15, 0.2) is 0 Å². The van der Waals surface area contributed by atoms with Crippen LogP contribution in [0.2, 0.25) is 5.02 Å². The molecule has 0 spiro atoms. The molecule has 1 N–H and O–H groups in total. The van der Waals surface area contributed by atoms with Crippen LogP contribution < -0.4 is 5.32 Å². The second-order valence-electron chi connectivity index (χ2n) is 5.71. The first kappa shape index (κ1) is 15.6. The molecule has 2 aromatic rings. The summed E-state index contributed by atoms with van der Waals surface area (Å²) in [6, 6.07) is 14.9. The number of rotatable bonds is 3. The molecule has 118 valence electrons. The Kier molecular flexibility index (Phi) is 4.35. The lowest BCUT2D eigenvalue weighted by atomic mass is 9.89. The third-order valence-corrected chi connectivity index (χ3v) is 4.26. The molecule has 0 radical (unpaired) electrons. The van der Waals surface area contributed by atoms with Gasteiger partial charge >= 0.3 is 0 Å². The molecule has 1 heterocycles. The molecule has 1 atom stereocenters. The van der Waals surface area contributed by atoms with Gasteiger partial charge in [0, 0.05) is 30.7 Å². The molecular weight excluding hydrogens is 312 g/mol. The van der Waals surface area contributed by atoms with Crippen molar-refractivity contribution in [2.45, 2.75) is 18.9 Å². The Morgan fingerprint density at radius 1 is 1.22 bits per heavy atom. The third kappa shape index (κ3) is 3.37. The van der Waals surface area contributed by atoms with Gasteiger partial charge in [0.2, 0.25) is 11.8 Å². The molecule has 0 saturated carbocycles. The summed E-state index contributed by atoms with van der Waals surface area (Å²) in [6.07, 6.45) is 0.181. The number of para-hydroxylation sites is 1. The van der Waals surface area contributed by atoms with E-state index in [1.807, 2.05) is 36.4 Å². The highest BCUT2D eigenvalue weighted by molar-refractivity contribution is 6.30. The predicted molar refractivity (Wildman–Crippen MR) is 90.4 cm³/mol. The van der Waals surface area contributed by atoms with Crippen molar-refractivity contribution in [3.63, 3.8) is 0 Å². The van der Waals surface area contributed by atoms with Crippen LogP contribution in [-0.2, 0) is 16.1 Å². The Balaban J connectivity index is 1.79. The van der Waals surface area contributed by atoms with Gasteiger partial charge in [-0.15, -0.1) is 0 Å². The van der Waals surface area contributed by atoms with Gasteiger partial charge < -0.3 is 10.2 Å². The Hall–Kier alpha value is -2.33. The number of nitrogens with one attached hydrogen (secondary N) is 1. The first-order chi connectivity index (χ1) is 11.0. The zero-order chi connectivity index (χ0) is 16.4. The SMILES string of the molecule is CN(Cc1ccc(Cl)cc1)C(=O)C1CC(=O)Nc2ccccc21. The van der Waals surface area contributed by atoms with E-state index < -0.39 is 5.92 Å². The van der Waals surface area contributed by atoms with Crippen molar-refractivity contribution in [1.82, 2.24) is 4.90 Å². The molecule has 0 aliphatic carbocycles. The quantitative estimate of drug-likeness (QED) is 0.938. The minimum Gasteiger partial charge on any atom is -0.341 e. The first-order valence-electron chi connectivity index (χ1n) is 7.43. The molecule has 5 heteroatoms. The van der Waals surface area contributed by atoms with E-state index in [4.69, 9.17) is 11.6 Å². The molecule has 0 fully saturated rings.